The van der Waals surface area contributed by atoms with E-state index in [9.17, 15) is 0 Å². The van der Waals surface area contributed by atoms with Gasteiger partial charge in [-0.25, -0.2) is 0 Å². The molecule has 1 saturated carbocycles. The zero-order chi connectivity index (χ0) is 19.9. The molecule has 2 aromatic carbocycles. The average molecular weight is 407 g/mol. The third-order valence-electron chi connectivity index (χ3n) is 4.53. The molecule has 0 spiro atoms. The number of para-hydroxylation sites is 2. The van der Waals surface area contributed by atoms with Gasteiger partial charge in [-0.05, 0) is 49.3 Å². The normalized spacial score (nSPS) is 13.7. The highest BCUT2D eigenvalue weighted by Gasteiger charge is 2.16. The van der Waals surface area contributed by atoms with Crippen molar-refractivity contribution < 1.29 is 9.47 Å². The van der Waals surface area contributed by atoms with Crippen molar-refractivity contribution in [1.29, 1.82) is 0 Å². The van der Waals surface area contributed by atoms with Gasteiger partial charge in [-0.3, -0.25) is 0 Å². The Labute approximate surface area is 175 Å². The molecule has 0 amide bonds. The van der Waals surface area contributed by atoms with E-state index in [1.54, 1.807) is 6.07 Å². The molecule has 1 aromatic heterocycles. The Hall–Kier alpha value is -3.19. The van der Waals surface area contributed by atoms with Crippen LogP contribution in [0.1, 0.15) is 25.7 Å². The fourth-order valence-electron chi connectivity index (χ4n) is 3.18. The van der Waals surface area contributed by atoms with E-state index in [4.69, 9.17) is 21.7 Å². The molecule has 1 aliphatic rings. The first-order valence-electron chi connectivity index (χ1n) is 9.67. The molecule has 0 bridgehead atoms. The van der Waals surface area contributed by atoms with Gasteiger partial charge in [0.25, 0.3) is 0 Å². The van der Waals surface area contributed by atoms with E-state index < -0.39 is 0 Å². The largest absolute Gasteiger partial charge is 0.439 e. The lowest BCUT2D eigenvalue weighted by Gasteiger charge is -2.16. The number of nitrogens with one attached hydrogen (secondary N) is 2. The second kappa shape index (κ2) is 9.34. The molecular weight excluding hydrogens is 384 g/mol. The van der Waals surface area contributed by atoms with Crippen LogP contribution in [-0.2, 0) is 0 Å². The number of benzene rings is 2. The minimum Gasteiger partial charge on any atom is -0.439 e. The molecule has 1 fully saturated rings. The second-order valence-electron chi connectivity index (χ2n) is 6.78. The van der Waals surface area contributed by atoms with Crippen LogP contribution < -0.4 is 20.1 Å². The second-order valence-corrected chi connectivity index (χ2v) is 7.19. The summed E-state index contributed by atoms with van der Waals surface area (Å²) >= 11 is 5.43. The van der Waals surface area contributed by atoms with Gasteiger partial charge >= 0.3 is 0 Å². The van der Waals surface area contributed by atoms with Crippen molar-refractivity contribution in [2.45, 2.75) is 31.7 Å². The maximum Gasteiger partial charge on any atom is 0.235 e. The molecule has 3 aromatic rings. The Morgan fingerprint density at radius 3 is 1.86 bits per heavy atom. The van der Waals surface area contributed by atoms with Crippen LogP contribution in [0, 0.1) is 0 Å². The van der Waals surface area contributed by atoms with E-state index in [1.807, 2.05) is 60.7 Å². The summed E-state index contributed by atoms with van der Waals surface area (Å²) in [6, 6.07) is 21.0. The Kier molecular flexibility index (Phi) is 6.16. The number of hydrogen-bond donors (Lipinski definition) is 2. The van der Waals surface area contributed by atoms with Gasteiger partial charge in [0.1, 0.15) is 11.5 Å². The maximum atomic E-state index is 5.88. The molecule has 0 saturated heterocycles. The van der Waals surface area contributed by atoms with Crippen molar-refractivity contribution in [3.63, 3.8) is 0 Å². The lowest BCUT2D eigenvalue weighted by atomic mass is 10.3. The fourth-order valence-corrected chi connectivity index (χ4v) is 3.43. The summed E-state index contributed by atoms with van der Waals surface area (Å²) in [6.07, 6.45) is 4.71. The molecule has 6 nitrogen and oxygen atoms in total. The summed E-state index contributed by atoms with van der Waals surface area (Å²) in [5.74, 6) is 2.40. The summed E-state index contributed by atoms with van der Waals surface area (Å²) < 4.78 is 11.8. The van der Waals surface area contributed by atoms with Crippen molar-refractivity contribution in [1.82, 2.24) is 15.3 Å². The van der Waals surface area contributed by atoms with Gasteiger partial charge in [-0.2, -0.15) is 9.97 Å². The van der Waals surface area contributed by atoms with Crippen molar-refractivity contribution >= 4 is 23.3 Å². The molecule has 0 radical (unpaired) electrons. The summed E-state index contributed by atoms with van der Waals surface area (Å²) in [5.41, 5.74) is 0. The predicted molar refractivity (Wildman–Crippen MR) is 117 cm³/mol. The first kappa shape index (κ1) is 19.1. The molecule has 148 valence electrons. The zero-order valence-electron chi connectivity index (χ0n) is 15.9. The SMILES string of the molecule is S=C(Nc1nc(Oc2ccccc2)cc(Oc2ccccc2)n1)NC1CCCC1. The van der Waals surface area contributed by atoms with Crippen LogP contribution in [0.5, 0.6) is 23.3 Å². The van der Waals surface area contributed by atoms with E-state index in [0.29, 0.717) is 40.4 Å². The number of anilines is 1. The highest BCUT2D eigenvalue weighted by Crippen LogP contribution is 2.27. The minimum atomic E-state index is 0.319. The molecule has 7 heteroatoms. The topological polar surface area (TPSA) is 68.3 Å². The molecule has 1 heterocycles. The van der Waals surface area contributed by atoms with Crippen LogP contribution in [0.15, 0.2) is 66.7 Å². The molecular formula is C22H22N4O2S. The van der Waals surface area contributed by atoms with Crippen molar-refractivity contribution in [3.05, 3.63) is 66.7 Å². The van der Waals surface area contributed by atoms with Gasteiger partial charge in [-0.1, -0.05) is 49.2 Å². The van der Waals surface area contributed by atoms with Gasteiger partial charge in [0.05, 0.1) is 6.07 Å². The fraction of sp³-hybridized carbons (Fsp3) is 0.227. The van der Waals surface area contributed by atoms with Crippen LogP contribution in [0.4, 0.5) is 5.95 Å². The lowest BCUT2D eigenvalue weighted by molar-refractivity contribution is 0.435. The number of thiocarbonyl (C=S) groups is 1. The van der Waals surface area contributed by atoms with Gasteiger partial charge < -0.3 is 20.1 Å². The highest BCUT2D eigenvalue weighted by molar-refractivity contribution is 7.80. The lowest BCUT2D eigenvalue weighted by Crippen LogP contribution is -2.36. The van der Waals surface area contributed by atoms with Gasteiger partial charge in [-0.15, -0.1) is 0 Å². The van der Waals surface area contributed by atoms with E-state index in [-0.39, 0.29) is 0 Å². The monoisotopic (exact) mass is 406 g/mol. The van der Waals surface area contributed by atoms with Gasteiger partial charge in [0.15, 0.2) is 5.11 Å². The predicted octanol–water partition coefficient (Wildman–Crippen LogP) is 5.29. The average Bonchev–Trinajstić information content (AvgIpc) is 3.22. The van der Waals surface area contributed by atoms with Crippen molar-refractivity contribution in [2.75, 3.05) is 5.32 Å². The van der Waals surface area contributed by atoms with Gasteiger partial charge in [0, 0.05) is 6.04 Å². The number of aromatic nitrogens is 2. The van der Waals surface area contributed by atoms with Crippen LogP contribution >= 0.6 is 12.2 Å². The molecule has 29 heavy (non-hydrogen) atoms. The van der Waals surface area contributed by atoms with Crippen molar-refractivity contribution in [3.8, 4) is 23.3 Å². The zero-order valence-corrected chi connectivity index (χ0v) is 16.7. The third-order valence-corrected chi connectivity index (χ3v) is 4.75. The molecule has 0 unspecified atom stereocenters. The smallest absolute Gasteiger partial charge is 0.235 e. The van der Waals surface area contributed by atoms with Crippen molar-refractivity contribution in [2.24, 2.45) is 0 Å². The number of rotatable bonds is 6. The quantitative estimate of drug-likeness (QED) is 0.539. The first-order valence-corrected chi connectivity index (χ1v) is 10.1. The summed E-state index contributed by atoms with van der Waals surface area (Å²) in [4.78, 5) is 8.87. The summed E-state index contributed by atoms with van der Waals surface area (Å²) in [6.45, 7) is 0. The molecule has 0 atom stereocenters. The van der Waals surface area contributed by atoms with Crippen LogP contribution in [0.3, 0.4) is 0 Å². The third kappa shape index (κ3) is 5.65. The maximum absolute atomic E-state index is 5.88. The Balaban J connectivity index is 1.54. The van der Waals surface area contributed by atoms with Crippen LogP contribution in [-0.4, -0.2) is 21.1 Å². The molecule has 1 aliphatic carbocycles. The highest BCUT2D eigenvalue weighted by atomic mass is 32.1. The van der Waals surface area contributed by atoms with Gasteiger partial charge in [0.2, 0.25) is 17.7 Å². The van der Waals surface area contributed by atoms with Crippen LogP contribution in [0.25, 0.3) is 0 Å². The first-order chi connectivity index (χ1) is 14.2. The Bertz CT molecular complexity index is 888. The summed E-state index contributed by atoms with van der Waals surface area (Å²) in [7, 11) is 0. The Morgan fingerprint density at radius 1 is 0.828 bits per heavy atom. The molecule has 2 N–H and O–H groups in total. The minimum absolute atomic E-state index is 0.319. The summed E-state index contributed by atoms with van der Waals surface area (Å²) in [5, 5.41) is 6.88. The number of ether oxygens (including phenoxy) is 2. The number of nitrogens with zero attached hydrogens (tertiary/aromatic N) is 2. The van der Waals surface area contributed by atoms with E-state index in [1.165, 1.54) is 12.8 Å². The van der Waals surface area contributed by atoms with E-state index >= 15 is 0 Å². The molecule has 4 rings (SSSR count). The molecule has 0 aliphatic heterocycles. The van der Waals surface area contributed by atoms with E-state index in [0.717, 1.165) is 12.8 Å². The standard InChI is InChI=1S/C22H22N4O2S/c29-22(23-16-9-7-8-10-16)26-21-24-19(27-17-11-3-1-4-12-17)15-20(25-21)28-18-13-5-2-6-14-18/h1-6,11-16H,7-10H2,(H2,23,24,25,26,29). The van der Waals surface area contributed by atoms with Crippen LogP contribution in [0.2, 0.25) is 0 Å². The number of hydrogen-bond acceptors (Lipinski definition) is 5. The van der Waals surface area contributed by atoms with E-state index in [2.05, 4.69) is 20.6 Å². The Morgan fingerprint density at radius 2 is 1.34 bits per heavy atom.